The van der Waals surface area contributed by atoms with E-state index >= 15 is 0 Å². The van der Waals surface area contributed by atoms with Gasteiger partial charge in [-0.05, 0) is 36.4 Å². The van der Waals surface area contributed by atoms with Crippen molar-refractivity contribution in [3.8, 4) is 5.75 Å². The molecule has 2 N–H and O–H groups in total. The van der Waals surface area contributed by atoms with Gasteiger partial charge in [0.25, 0.3) is 0 Å². The first-order valence-corrected chi connectivity index (χ1v) is 7.86. The van der Waals surface area contributed by atoms with E-state index in [4.69, 9.17) is 27.9 Å². The zero-order valence-corrected chi connectivity index (χ0v) is 14.3. The van der Waals surface area contributed by atoms with Crippen molar-refractivity contribution in [1.82, 2.24) is 9.97 Å². The molecule has 0 saturated carbocycles. The van der Waals surface area contributed by atoms with Gasteiger partial charge in [-0.2, -0.15) is 4.98 Å². The summed E-state index contributed by atoms with van der Waals surface area (Å²) in [5, 5.41) is 7.34. The molecular weight excluding hydrogens is 347 g/mol. The van der Waals surface area contributed by atoms with Crippen LogP contribution in [0.4, 0.5) is 23.1 Å². The van der Waals surface area contributed by atoms with Gasteiger partial charge in [-0.3, -0.25) is 0 Å². The lowest BCUT2D eigenvalue weighted by Gasteiger charge is -2.10. The second-order valence-electron chi connectivity index (χ2n) is 4.87. The lowest BCUT2D eigenvalue weighted by atomic mass is 10.3. The molecule has 0 aliphatic rings. The summed E-state index contributed by atoms with van der Waals surface area (Å²) in [6.07, 6.45) is 1.65. The molecule has 0 aliphatic heterocycles. The Morgan fingerprint density at radius 3 is 2.67 bits per heavy atom. The Labute approximate surface area is 149 Å². The summed E-state index contributed by atoms with van der Waals surface area (Å²) < 4.78 is 5.21. The predicted octanol–water partition coefficient (Wildman–Crippen LogP) is 5.28. The van der Waals surface area contributed by atoms with Crippen LogP contribution in [0, 0.1) is 0 Å². The van der Waals surface area contributed by atoms with Crippen LogP contribution in [0.5, 0.6) is 5.75 Å². The number of rotatable bonds is 5. The first-order chi connectivity index (χ1) is 11.6. The van der Waals surface area contributed by atoms with Crippen LogP contribution in [-0.4, -0.2) is 17.1 Å². The number of nitrogens with one attached hydrogen (secondary N) is 2. The molecule has 0 amide bonds. The molecule has 3 rings (SSSR count). The third kappa shape index (κ3) is 4.07. The van der Waals surface area contributed by atoms with Crippen molar-refractivity contribution in [3.63, 3.8) is 0 Å². The van der Waals surface area contributed by atoms with Gasteiger partial charge in [0.15, 0.2) is 0 Å². The fraction of sp³-hybridized carbons (Fsp3) is 0.0588. The van der Waals surface area contributed by atoms with E-state index in [0.717, 1.165) is 11.4 Å². The van der Waals surface area contributed by atoms with Crippen molar-refractivity contribution >= 4 is 46.3 Å². The minimum Gasteiger partial charge on any atom is -0.497 e. The maximum atomic E-state index is 6.15. The van der Waals surface area contributed by atoms with Gasteiger partial charge in [-0.1, -0.05) is 29.3 Å². The Kier molecular flexibility index (Phi) is 5.03. The molecule has 0 saturated heterocycles. The van der Waals surface area contributed by atoms with E-state index in [1.807, 2.05) is 24.3 Å². The summed E-state index contributed by atoms with van der Waals surface area (Å²) in [5.74, 6) is 1.83. The van der Waals surface area contributed by atoms with Crippen LogP contribution in [0.15, 0.2) is 54.7 Å². The van der Waals surface area contributed by atoms with Crippen molar-refractivity contribution in [1.29, 1.82) is 0 Å². The molecule has 122 valence electrons. The zero-order valence-electron chi connectivity index (χ0n) is 12.8. The van der Waals surface area contributed by atoms with Gasteiger partial charge in [0, 0.05) is 23.0 Å². The summed E-state index contributed by atoms with van der Waals surface area (Å²) in [4.78, 5) is 8.61. The Bertz CT molecular complexity index is 857. The number of methoxy groups -OCH3 is 1. The van der Waals surface area contributed by atoms with Crippen LogP contribution in [0.25, 0.3) is 0 Å². The molecule has 0 unspecified atom stereocenters. The molecule has 0 fully saturated rings. The van der Waals surface area contributed by atoms with Crippen LogP contribution in [-0.2, 0) is 0 Å². The first kappa shape index (κ1) is 16.4. The van der Waals surface area contributed by atoms with Gasteiger partial charge in [-0.25, -0.2) is 4.98 Å². The highest BCUT2D eigenvalue weighted by Crippen LogP contribution is 2.27. The quantitative estimate of drug-likeness (QED) is 0.648. The topological polar surface area (TPSA) is 59.1 Å². The number of anilines is 4. The van der Waals surface area contributed by atoms with E-state index in [9.17, 15) is 0 Å². The average Bonchev–Trinajstić information content (AvgIpc) is 2.58. The Morgan fingerprint density at radius 1 is 1.00 bits per heavy atom. The normalized spacial score (nSPS) is 10.3. The number of benzene rings is 2. The number of halogens is 2. The molecule has 5 nitrogen and oxygen atoms in total. The van der Waals surface area contributed by atoms with Crippen LogP contribution < -0.4 is 15.4 Å². The molecule has 0 radical (unpaired) electrons. The highest BCUT2D eigenvalue weighted by molar-refractivity contribution is 6.36. The molecular formula is C17H14Cl2N4O. The number of nitrogens with zero attached hydrogens (tertiary/aromatic N) is 2. The van der Waals surface area contributed by atoms with Gasteiger partial charge in [-0.15, -0.1) is 0 Å². The van der Waals surface area contributed by atoms with Crippen LogP contribution in [0.2, 0.25) is 10.0 Å². The third-order valence-electron chi connectivity index (χ3n) is 3.18. The molecule has 0 bridgehead atoms. The fourth-order valence-electron chi connectivity index (χ4n) is 2.05. The average molecular weight is 361 g/mol. The number of aromatic nitrogens is 2. The van der Waals surface area contributed by atoms with E-state index in [-0.39, 0.29) is 0 Å². The highest BCUT2D eigenvalue weighted by Gasteiger charge is 2.05. The summed E-state index contributed by atoms with van der Waals surface area (Å²) in [6, 6.07) is 14.5. The summed E-state index contributed by atoms with van der Waals surface area (Å²) in [5.41, 5.74) is 1.54. The van der Waals surface area contributed by atoms with Crippen LogP contribution in [0.3, 0.4) is 0 Å². The Morgan fingerprint density at radius 2 is 1.88 bits per heavy atom. The first-order valence-electron chi connectivity index (χ1n) is 7.10. The van der Waals surface area contributed by atoms with E-state index in [1.165, 1.54) is 0 Å². The molecule has 24 heavy (non-hydrogen) atoms. The minimum absolute atomic E-state index is 0.423. The van der Waals surface area contributed by atoms with Gasteiger partial charge >= 0.3 is 0 Å². The van der Waals surface area contributed by atoms with Crippen LogP contribution >= 0.6 is 23.2 Å². The molecule has 2 aromatic carbocycles. The molecule has 1 heterocycles. The molecule has 0 atom stereocenters. The summed E-state index contributed by atoms with van der Waals surface area (Å²) in [7, 11) is 1.63. The van der Waals surface area contributed by atoms with E-state index in [2.05, 4.69) is 20.6 Å². The molecule has 1 aromatic heterocycles. The van der Waals surface area contributed by atoms with Crippen molar-refractivity contribution in [2.45, 2.75) is 0 Å². The van der Waals surface area contributed by atoms with Crippen molar-refractivity contribution in [2.24, 2.45) is 0 Å². The predicted molar refractivity (Wildman–Crippen MR) is 98.1 cm³/mol. The largest absolute Gasteiger partial charge is 0.497 e. The Balaban J connectivity index is 1.78. The SMILES string of the molecule is COc1cccc(Nc2ccnc(Nc3ccc(Cl)cc3Cl)n2)c1. The monoisotopic (exact) mass is 360 g/mol. The fourth-order valence-corrected chi connectivity index (χ4v) is 2.50. The molecule has 7 heteroatoms. The smallest absolute Gasteiger partial charge is 0.229 e. The third-order valence-corrected chi connectivity index (χ3v) is 3.72. The molecule has 3 aromatic rings. The second kappa shape index (κ2) is 7.38. The van der Waals surface area contributed by atoms with E-state index in [1.54, 1.807) is 37.6 Å². The van der Waals surface area contributed by atoms with Gasteiger partial charge in [0.05, 0.1) is 17.8 Å². The molecule has 0 spiro atoms. The maximum absolute atomic E-state index is 6.15. The van der Waals surface area contributed by atoms with Crippen molar-refractivity contribution in [2.75, 3.05) is 17.7 Å². The maximum Gasteiger partial charge on any atom is 0.229 e. The summed E-state index contributed by atoms with van der Waals surface area (Å²) in [6.45, 7) is 0. The van der Waals surface area contributed by atoms with Gasteiger partial charge in [0.1, 0.15) is 11.6 Å². The van der Waals surface area contributed by atoms with Crippen LogP contribution in [0.1, 0.15) is 0 Å². The standard InChI is InChI=1S/C17H14Cl2N4O/c1-24-13-4-2-3-12(10-13)21-16-7-8-20-17(23-16)22-15-6-5-11(18)9-14(15)19/h2-10H,1H3,(H2,20,21,22,23). The van der Waals surface area contributed by atoms with E-state index in [0.29, 0.717) is 27.5 Å². The van der Waals surface area contributed by atoms with Gasteiger partial charge in [0.2, 0.25) is 5.95 Å². The Hall–Kier alpha value is -2.50. The second-order valence-corrected chi connectivity index (χ2v) is 5.72. The number of ether oxygens (including phenoxy) is 1. The van der Waals surface area contributed by atoms with Crippen molar-refractivity contribution < 1.29 is 4.74 Å². The minimum atomic E-state index is 0.423. The van der Waals surface area contributed by atoms with Gasteiger partial charge < -0.3 is 15.4 Å². The van der Waals surface area contributed by atoms with E-state index < -0.39 is 0 Å². The van der Waals surface area contributed by atoms with Crippen molar-refractivity contribution in [3.05, 3.63) is 64.8 Å². The summed E-state index contributed by atoms with van der Waals surface area (Å²) >= 11 is 12.0. The number of hydrogen-bond acceptors (Lipinski definition) is 5. The lowest BCUT2D eigenvalue weighted by Crippen LogP contribution is -2.00. The highest BCUT2D eigenvalue weighted by atomic mass is 35.5. The number of hydrogen-bond donors (Lipinski definition) is 2. The zero-order chi connectivity index (χ0) is 16.9. The molecule has 0 aliphatic carbocycles. The lowest BCUT2D eigenvalue weighted by molar-refractivity contribution is 0.415.